The molecule has 1 unspecified atom stereocenters. The van der Waals surface area contributed by atoms with Crippen molar-refractivity contribution in [2.45, 2.75) is 26.9 Å². The first-order valence-electron chi connectivity index (χ1n) is 3.97. The third-order valence-corrected chi connectivity index (χ3v) is 2.64. The van der Waals surface area contributed by atoms with Gasteiger partial charge in [0.15, 0.2) is 0 Å². The summed E-state index contributed by atoms with van der Waals surface area (Å²) in [6.07, 6.45) is -0.489. The van der Waals surface area contributed by atoms with Crippen molar-refractivity contribution in [2.24, 2.45) is 0 Å². The second kappa shape index (κ2) is 3.46. The molecule has 0 saturated heterocycles. The quantitative estimate of drug-likeness (QED) is 0.712. The van der Waals surface area contributed by atoms with E-state index in [1.165, 1.54) is 0 Å². The van der Waals surface area contributed by atoms with Crippen LogP contribution >= 0.6 is 11.6 Å². The molecular weight excluding hydrogens is 172 g/mol. The molecule has 1 rings (SSSR count). The van der Waals surface area contributed by atoms with E-state index in [1.54, 1.807) is 6.92 Å². The third-order valence-electron chi connectivity index (χ3n) is 2.14. The maximum Gasteiger partial charge on any atom is 0.0776 e. The number of hydrogen-bond donors (Lipinski definition) is 1. The van der Waals surface area contributed by atoms with Gasteiger partial charge >= 0.3 is 0 Å². The molecule has 0 aliphatic rings. The van der Waals surface area contributed by atoms with Crippen molar-refractivity contribution in [2.75, 3.05) is 0 Å². The van der Waals surface area contributed by atoms with Crippen LogP contribution in [-0.2, 0) is 0 Å². The monoisotopic (exact) mass is 184 g/mol. The Bertz CT molecular complexity index is 292. The molecule has 1 N–H and O–H groups in total. The minimum atomic E-state index is -0.489. The topological polar surface area (TPSA) is 20.2 Å². The normalized spacial score (nSPS) is 13.1. The maximum absolute atomic E-state index is 9.34. The van der Waals surface area contributed by atoms with Gasteiger partial charge in [-0.1, -0.05) is 23.7 Å². The van der Waals surface area contributed by atoms with Crippen molar-refractivity contribution in [1.29, 1.82) is 0 Å². The highest BCUT2D eigenvalue weighted by atomic mass is 35.5. The van der Waals surface area contributed by atoms with E-state index in [4.69, 9.17) is 11.6 Å². The Hall–Kier alpha value is -0.530. The van der Waals surface area contributed by atoms with Crippen molar-refractivity contribution in [1.82, 2.24) is 0 Å². The second-order valence-electron chi connectivity index (χ2n) is 3.09. The zero-order valence-electron chi connectivity index (χ0n) is 7.56. The highest BCUT2D eigenvalue weighted by Gasteiger charge is 2.09. The van der Waals surface area contributed by atoms with E-state index < -0.39 is 6.10 Å². The van der Waals surface area contributed by atoms with E-state index in [-0.39, 0.29) is 0 Å². The maximum atomic E-state index is 9.34. The second-order valence-corrected chi connectivity index (χ2v) is 3.46. The van der Waals surface area contributed by atoms with Gasteiger partial charge in [-0.2, -0.15) is 0 Å². The van der Waals surface area contributed by atoms with Crippen LogP contribution in [0.5, 0.6) is 0 Å². The van der Waals surface area contributed by atoms with Gasteiger partial charge in [0.2, 0.25) is 0 Å². The van der Waals surface area contributed by atoms with Crippen LogP contribution in [-0.4, -0.2) is 5.11 Å². The highest BCUT2D eigenvalue weighted by molar-refractivity contribution is 6.32. The molecule has 0 spiro atoms. The molecule has 0 aliphatic heterocycles. The van der Waals surface area contributed by atoms with Crippen LogP contribution in [0.25, 0.3) is 0 Å². The standard InChI is InChI=1S/C10H13ClO/c1-6-4-5-9(8(3)12)10(11)7(6)2/h4-5,8,12H,1-3H3. The molecule has 1 atom stereocenters. The molecule has 0 bridgehead atoms. The van der Waals surface area contributed by atoms with E-state index in [2.05, 4.69) is 0 Å². The molecule has 0 radical (unpaired) electrons. The largest absolute Gasteiger partial charge is 0.389 e. The van der Waals surface area contributed by atoms with Gasteiger partial charge in [-0.25, -0.2) is 0 Å². The van der Waals surface area contributed by atoms with E-state index in [1.807, 2.05) is 26.0 Å². The van der Waals surface area contributed by atoms with Gasteiger partial charge < -0.3 is 5.11 Å². The van der Waals surface area contributed by atoms with Crippen LogP contribution in [0.1, 0.15) is 29.7 Å². The Morgan fingerprint density at radius 2 is 1.92 bits per heavy atom. The molecule has 0 amide bonds. The lowest BCUT2D eigenvalue weighted by Gasteiger charge is -2.11. The summed E-state index contributed by atoms with van der Waals surface area (Å²) in [6.45, 7) is 5.69. The number of benzene rings is 1. The van der Waals surface area contributed by atoms with Crippen LogP contribution in [0, 0.1) is 13.8 Å². The first kappa shape index (κ1) is 9.56. The molecule has 1 aromatic carbocycles. The fourth-order valence-corrected chi connectivity index (χ4v) is 1.50. The number of aliphatic hydroxyl groups is 1. The van der Waals surface area contributed by atoms with E-state index in [0.29, 0.717) is 5.02 Å². The fourth-order valence-electron chi connectivity index (χ4n) is 1.13. The Morgan fingerprint density at radius 3 is 2.42 bits per heavy atom. The minimum Gasteiger partial charge on any atom is -0.389 e. The van der Waals surface area contributed by atoms with Gasteiger partial charge in [0.05, 0.1) is 6.10 Å². The van der Waals surface area contributed by atoms with Gasteiger partial charge in [0.25, 0.3) is 0 Å². The molecule has 0 fully saturated rings. The Morgan fingerprint density at radius 1 is 1.33 bits per heavy atom. The summed E-state index contributed by atoms with van der Waals surface area (Å²) in [4.78, 5) is 0. The number of rotatable bonds is 1. The molecule has 0 aliphatic carbocycles. The zero-order chi connectivity index (χ0) is 9.30. The summed E-state index contributed by atoms with van der Waals surface area (Å²) in [5, 5.41) is 10.0. The Labute approximate surface area is 78.0 Å². The van der Waals surface area contributed by atoms with Crippen molar-refractivity contribution in [3.63, 3.8) is 0 Å². The fraction of sp³-hybridized carbons (Fsp3) is 0.400. The average Bonchev–Trinajstić information content (AvgIpc) is 2.00. The molecule has 12 heavy (non-hydrogen) atoms. The molecule has 66 valence electrons. The number of hydrogen-bond acceptors (Lipinski definition) is 1. The molecular formula is C10H13ClO. The van der Waals surface area contributed by atoms with Crippen molar-refractivity contribution in [3.05, 3.63) is 33.8 Å². The summed E-state index contributed by atoms with van der Waals surface area (Å²) in [5.74, 6) is 0. The molecule has 0 aromatic heterocycles. The number of halogens is 1. The molecule has 2 heteroatoms. The predicted octanol–water partition coefficient (Wildman–Crippen LogP) is 3.01. The Balaban J connectivity index is 3.27. The summed E-state index contributed by atoms with van der Waals surface area (Å²) < 4.78 is 0. The molecule has 0 saturated carbocycles. The summed E-state index contributed by atoms with van der Waals surface area (Å²) in [6, 6.07) is 3.85. The predicted molar refractivity (Wildman–Crippen MR) is 51.6 cm³/mol. The van der Waals surface area contributed by atoms with Crippen molar-refractivity contribution >= 4 is 11.6 Å². The first-order chi connectivity index (χ1) is 5.54. The summed E-state index contributed by atoms with van der Waals surface area (Å²) in [7, 11) is 0. The molecule has 1 aromatic rings. The van der Waals surface area contributed by atoms with Crippen LogP contribution in [0.4, 0.5) is 0 Å². The minimum absolute atomic E-state index is 0.489. The van der Waals surface area contributed by atoms with Crippen LogP contribution in [0.2, 0.25) is 5.02 Å². The highest BCUT2D eigenvalue weighted by Crippen LogP contribution is 2.27. The van der Waals surface area contributed by atoms with Crippen molar-refractivity contribution < 1.29 is 5.11 Å². The lowest BCUT2D eigenvalue weighted by molar-refractivity contribution is 0.199. The van der Waals surface area contributed by atoms with Gasteiger partial charge in [-0.3, -0.25) is 0 Å². The van der Waals surface area contributed by atoms with E-state index in [0.717, 1.165) is 16.7 Å². The molecule has 0 heterocycles. The number of aryl methyl sites for hydroxylation is 1. The van der Waals surface area contributed by atoms with Gasteiger partial charge in [0, 0.05) is 5.02 Å². The van der Waals surface area contributed by atoms with Crippen LogP contribution < -0.4 is 0 Å². The third kappa shape index (κ3) is 1.62. The van der Waals surface area contributed by atoms with Crippen LogP contribution in [0.3, 0.4) is 0 Å². The molecule has 1 nitrogen and oxygen atoms in total. The van der Waals surface area contributed by atoms with Crippen molar-refractivity contribution in [3.8, 4) is 0 Å². The first-order valence-corrected chi connectivity index (χ1v) is 4.35. The Kier molecular flexibility index (Phi) is 2.76. The lowest BCUT2D eigenvalue weighted by atomic mass is 10.0. The van der Waals surface area contributed by atoms with Gasteiger partial charge in [-0.15, -0.1) is 0 Å². The SMILES string of the molecule is Cc1ccc(C(C)O)c(Cl)c1C. The van der Waals surface area contributed by atoms with E-state index >= 15 is 0 Å². The van der Waals surface area contributed by atoms with Crippen LogP contribution in [0.15, 0.2) is 12.1 Å². The summed E-state index contributed by atoms with van der Waals surface area (Å²) in [5.41, 5.74) is 3.01. The van der Waals surface area contributed by atoms with Gasteiger partial charge in [0.1, 0.15) is 0 Å². The lowest BCUT2D eigenvalue weighted by Crippen LogP contribution is -1.95. The van der Waals surface area contributed by atoms with Gasteiger partial charge in [-0.05, 0) is 37.5 Å². The zero-order valence-corrected chi connectivity index (χ0v) is 8.31. The van der Waals surface area contributed by atoms with E-state index in [9.17, 15) is 5.11 Å². The summed E-state index contributed by atoms with van der Waals surface area (Å²) >= 11 is 6.03. The average molecular weight is 185 g/mol. The number of aliphatic hydroxyl groups excluding tert-OH is 1. The smallest absolute Gasteiger partial charge is 0.0776 e.